The van der Waals surface area contributed by atoms with Gasteiger partial charge in [-0.3, -0.25) is 37.7 Å². The van der Waals surface area contributed by atoms with Gasteiger partial charge in [-0.25, -0.2) is 41.9 Å². The predicted molar refractivity (Wildman–Crippen MR) is 204 cm³/mol. The molecule has 0 aliphatic carbocycles. The Balaban J connectivity index is 0.991. The minimum absolute atomic E-state index is 0.264. The highest BCUT2D eigenvalue weighted by Crippen LogP contribution is 2.76. The smallest absolute Gasteiger partial charge is 0.387 e. The molecule has 2 aliphatic heterocycles. The van der Waals surface area contributed by atoms with E-state index < -0.39 is 140 Å². The van der Waals surface area contributed by atoms with Gasteiger partial charge in [0.1, 0.15) is 36.6 Å². The third-order valence-electron chi connectivity index (χ3n) is 8.17. The lowest BCUT2D eigenvalue weighted by Crippen LogP contribution is -2.33. The van der Waals surface area contributed by atoms with E-state index >= 15 is 0 Å². The normalized spacial score (nSPS) is 29.9. The number of ether oxygens (including phenoxy) is 2. The number of rotatable bonds is 20. The molecule has 17 N–H and O–H groups in total. The van der Waals surface area contributed by atoms with Crippen LogP contribution in [0.2, 0.25) is 0 Å². The number of phosphoric acid groups is 7. The molecule has 0 radical (unpaired) electrons. The van der Waals surface area contributed by atoms with Crippen LogP contribution in [-0.2, 0) is 76.3 Å². The Morgan fingerprint density at radius 3 is 1.10 bits per heavy atom. The summed E-state index contributed by atoms with van der Waals surface area (Å²) in [6.07, 6.45) is -12.8. The number of phosphoric ester groups is 2. The summed E-state index contributed by atoms with van der Waals surface area (Å²) in [4.78, 5) is 112. The van der Waals surface area contributed by atoms with Gasteiger partial charge in [-0.05, 0) is 0 Å². The van der Waals surface area contributed by atoms with E-state index in [1.165, 1.54) is 0 Å². The second-order valence-corrected chi connectivity index (χ2v) is 24.0. The Kier molecular flexibility index (Phi) is 15.2. The molecular formula is C20H31N10O30P7. The van der Waals surface area contributed by atoms with Crippen LogP contribution in [0.15, 0.2) is 22.2 Å². The van der Waals surface area contributed by atoms with E-state index in [4.69, 9.17) is 20.9 Å². The summed E-state index contributed by atoms with van der Waals surface area (Å²) in [6, 6.07) is 0. The highest BCUT2D eigenvalue weighted by Gasteiger charge is 2.52. The van der Waals surface area contributed by atoms with Gasteiger partial charge < -0.3 is 75.6 Å². The molecule has 0 aromatic carbocycles. The van der Waals surface area contributed by atoms with E-state index in [0.29, 0.717) is 0 Å². The van der Waals surface area contributed by atoms with Gasteiger partial charge in [-0.1, -0.05) is 0 Å². The van der Waals surface area contributed by atoms with Crippen molar-refractivity contribution in [3.05, 3.63) is 33.4 Å². The molecule has 40 nitrogen and oxygen atoms in total. The topological polar surface area (TPSA) is 614 Å². The molecule has 376 valence electrons. The van der Waals surface area contributed by atoms with Crippen LogP contribution in [0.1, 0.15) is 12.5 Å². The number of aliphatic hydroxyl groups excluding tert-OH is 4. The molecule has 47 heteroatoms. The van der Waals surface area contributed by atoms with Gasteiger partial charge in [0, 0.05) is 0 Å². The molecular weight excluding hydrogens is 1080 g/mol. The fourth-order valence-corrected chi connectivity index (χ4v) is 14.9. The molecule has 6 unspecified atom stereocenters. The number of aromatic amines is 2. The molecule has 67 heavy (non-hydrogen) atoms. The SMILES string of the molecule is Nc1nc2c(ncn2[C@@H]2O[C@H](COP(=O)(O)OP(=O)(O)OP(=O)(O)OP(=O)(O)OP(=O)(O)OP(=O)(O)OP(=O)(O)OC[C@H]3O[C@@H](n4cnc5c(=O)[nH]c(N)nc54)[C@H](O)[C@@H]3O)[C@@H](O)[C@H]2O)c(=O)[nH]1. The number of aliphatic hydroxyl groups is 4. The van der Waals surface area contributed by atoms with Crippen LogP contribution >= 0.6 is 54.8 Å². The van der Waals surface area contributed by atoms with Crippen LogP contribution in [0, 0.1) is 0 Å². The molecule has 4 aromatic heterocycles. The average Bonchev–Trinajstić information content (AvgIpc) is 3.88. The van der Waals surface area contributed by atoms with Crippen LogP contribution in [0.25, 0.3) is 22.3 Å². The van der Waals surface area contributed by atoms with Crippen molar-refractivity contribution in [3.63, 3.8) is 0 Å². The van der Waals surface area contributed by atoms with E-state index in [0.717, 1.165) is 21.8 Å². The van der Waals surface area contributed by atoms with E-state index in [1.807, 2.05) is 0 Å². The van der Waals surface area contributed by atoms with E-state index in [2.05, 4.69) is 64.8 Å². The van der Waals surface area contributed by atoms with Crippen molar-refractivity contribution in [1.82, 2.24) is 39.0 Å². The second kappa shape index (κ2) is 19.0. The van der Waals surface area contributed by atoms with E-state index in [9.17, 15) is 96.2 Å². The summed E-state index contributed by atoms with van der Waals surface area (Å²) >= 11 is 0. The zero-order valence-corrected chi connectivity index (χ0v) is 38.1. The first kappa shape index (κ1) is 53.4. The number of nitrogens with zero attached hydrogens (tertiary/aromatic N) is 6. The molecule has 0 bridgehead atoms. The van der Waals surface area contributed by atoms with Crippen molar-refractivity contribution in [2.24, 2.45) is 0 Å². The monoisotopic (exact) mass is 1110 g/mol. The Bertz CT molecular complexity index is 2820. The largest absolute Gasteiger partial charge is 0.490 e. The third kappa shape index (κ3) is 12.9. The quantitative estimate of drug-likeness (QED) is 0.0382. The summed E-state index contributed by atoms with van der Waals surface area (Å²) in [5.41, 5.74) is 8.24. The number of anilines is 2. The minimum atomic E-state index is -6.77. The number of imidazole rings is 2. The lowest BCUT2D eigenvalue weighted by Gasteiger charge is -2.22. The first-order valence-electron chi connectivity index (χ1n) is 16.9. The number of nitrogens with one attached hydrogen (secondary N) is 2. The maximum atomic E-state index is 12.4. The Morgan fingerprint density at radius 1 is 0.522 bits per heavy atom. The molecule has 0 spiro atoms. The van der Waals surface area contributed by atoms with E-state index in [1.54, 1.807) is 0 Å². The van der Waals surface area contributed by atoms with Crippen molar-refractivity contribution < 1.29 is 131 Å². The Morgan fingerprint density at radius 2 is 0.806 bits per heavy atom. The number of nitrogens with two attached hydrogens (primary N) is 2. The first-order chi connectivity index (χ1) is 30.6. The van der Waals surface area contributed by atoms with Gasteiger partial charge in [0.2, 0.25) is 11.9 Å². The molecule has 14 atom stereocenters. The molecule has 2 fully saturated rings. The van der Waals surface area contributed by atoms with Gasteiger partial charge >= 0.3 is 54.8 Å². The standard InChI is InChI=1S/C20H31N10O30P7/c21-19-25-13-7(15(35)27-19)23-3-29(13)17-11(33)9(31)5(53-17)1-51-61(37,38)55-63(41,42)57-65(45,46)59-67(49,50)60-66(47,48)58-64(43,44)56-62(39,40)52-2-6-10(32)12(34)18(54-6)30-4-24-8-14(30)26-20(22)28-16(8)36/h3-6,9-12,17-18,31-34H,1-2H2,(H,37,38)(H,39,40)(H,41,42)(H,43,44)(H,45,46)(H,47,48)(H,49,50)(H3,21,25,27,35)(H3,22,26,28,36)/t5-,6-,9-,10-,11-,12-,17-,18-/m1/s1. The molecule has 4 aromatic rings. The van der Waals surface area contributed by atoms with Crippen molar-refractivity contribution in [2.75, 3.05) is 24.7 Å². The highest BCUT2D eigenvalue weighted by molar-refractivity contribution is 7.73. The number of hydrogen-bond acceptors (Lipinski definition) is 29. The molecule has 0 saturated carbocycles. The fraction of sp³-hybridized carbons (Fsp3) is 0.500. The van der Waals surface area contributed by atoms with Gasteiger partial charge in [-0.15, -0.1) is 0 Å². The number of hydrogen-bond donors (Lipinski definition) is 15. The van der Waals surface area contributed by atoms with Crippen LogP contribution in [0.5, 0.6) is 0 Å². The zero-order valence-electron chi connectivity index (χ0n) is 31.8. The molecule has 6 rings (SSSR count). The van der Waals surface area contributed by atoms with Gasteiger partial charge in [0.05, 0.1) is 25.9 Å². The van der Waals surface area contributed by atoms with Gasteiger partial charge in [-0.2, -0.15) is 35.8 Å². The number of H-pyrrole nitrogens is 2. The predicted octanol–water partition coefficient (Wildman–Crippen LogP) is -3.51. The summed E-state index contributed by atoms with van der Waals surface area (Å²) in [6.45, 7) is -2.62. The lowest BCUT2D eigenvalue weighted by molar-refractivity contribution is -0.0503. The highest BCUT2D eigenvalue weighted by atomic mass is 31.3. The average molecular weight is 1110 g/mol. The minimum Gasteiger partial charge on any atom is -0.387 e. The number of fused-ring (bicyclic) bond motifs is 2. The van der Waals surface area contributed by atoms with Crippen LogP contribution in [-0.4, -0.2) is 144 Å². The third-order valence-corrected chi connectivity index (χ3v) is 19.0. The van der Waals surface area contributed by atoms with Crippen molar-refractivity contribution >= 4 is 89.0 Å². The fourth-order valence-electron chi connectivity index (χ4n) is 5.69. The van der Waals surface area contributed by atoms with Crippen molar-refractivity contribution in [3.8, 4) is 0 Å². The Labute approximate surface area is 365 Å². The summed E-state index contributed by atoms with van der Waals surface area (Å²) < 4.78 is 129. The van der Waals surface area contributed by atoms with Crippen LogP contribution in [0.4, 0.5) is 11.9 Å². The van der Waals surface area contributed by atoms with Crippen LogP contribution < -0.4 is 22.6 Å². The molecule has 0 amide bonds. The molecule has 6 heterocycles. The maximum absolute atomic E-state index is 12.4. The number of aromatic nitrogens is 8. The summed E-state index contributed by atoms with van der Waals surface area (Å²) in [5, 5.41) is 41.8. The molecule has 2 aliphatic rings. The van der Waals surface area contributed by atoms with Crippen molar-refractivity contribution in [2.45, 2.75) is 49.1 Å². The van der Waals surface area contributed by atoms with Gasteiger partial charge in [0.25, 0.3) is 11.1 Å². The lowest BCUT2D eigenvalue weighted by atomic mass is 10.1. The summed E-state index contributed by atoms with van der Waals surface area (Å²) in [5.74, 6) is -0.798. The summed E-state index contributed by atoms with van der Waals surface area (Å²) in [7, 11) is -45.4. The molecule has 2 saturated heterocycles. The number of nitrogen functional groups attached to an aromatic ring is 2. The van der Waals surface area contributed by atoms with Crippen LogP contribution in [0.3, 0.4) is 0 Å². The zero-order chi connectivity index (χ0) is 50.0. The second-order valence-electron chi connectivity index (χ2n) is 13.0. The van der Waals surface area contributed by atoms with Crippen molar-refractivity contribution in [1.29, 1.82) is 0 Å². The maximum Gasteiger partial charge on any atom is 0.490 e. The van der Waals surface area contributed by atoms with E-state index in [-0.39, 0.29) is 22.3 Å². The first-order valence-corrected chi connectivity index (χ1v) is 27.4. The Hall–Kier alpha value is -2.93. The van der Waals surface area contributed by atoms with Gasteiger partial charge in [0.15, 0.2) is 34.8 Å².